The highest BCUT2D eigenvalue weighted by atomic mass is 16.1. The molecular formula is C13H17NO. The van der Waals surface area contributed by atoms with E-state index in [9.17, 15) is 4.79 Å². The summed E-state index contributed by atoms with van der Waals surface area (Å²) in [6.45, 7) is 1.75. The number of aryl methyl sites for hydroxylation is 2. The normalized spacial score (nSPS) is 16.1. The number of hydrogen-bond acceptors (Lipinski definition) is 2. The van der Waals surface area contributed by atoms with Crippen LogP contribution in [-0.4, -0.2) is 11.8 Å². The average Bonchev–Trinajstić information content (AvgIpc) is 2.64. The second kappa shape index (κ2) is 4.15. The molecule has 0 saturated heterocycles. The molecule has 0 amide bonds. The molecule has 0 aromatic heterocycles. The number of carbonyl (C=O) groups is 1. The summed E-state index contributed by atoms with van der Waals surface area (Å²) >= 11 is 0. The van der Waals surface area contributed by atoms with Crippen LogP contribution >= 0.6 is 0 Å². The zero-order valence-corrected chi connectivity index (χ0v) is 9.12. The standard InChI is InChI=1S/C13H17NO/c1-9(14)13(15)8-10-5-6-11-3-2-4-12(11)7-10/h5-7,9H,2-4,8,14H2,1H3. The zero-order valence-electron chi connectivity index (χ0n) is 9.12. The molecular weight excluding hydrogens is 186 g/mol. The van der Waals surface area contributed by atoms with E-state index < -0.39 is 0 Å². The predicted octanol–water partition coefficient (Wildman–Crippen LogP) is 1.63. The van der Waals surface area contributed by atoms with Crippen molar-refractivity contribution < 1.29 is 4.79 Å². The monoisotopic (exact) mass is 203 g/mol. The Bertz CT molecular complexity index is 382. The molecule has 0 aliphatic heterocycles. The van der Waals surface area contributed by atoms with Gasteiger partial charge in [-0.1, -0.05) is 18.2 Å². The Labute approximate surface area is 90.5 Å². The number of ketones is 1. The molecule has 0 saturated carbocycles. The lowest BCUT2D eigenvalue weighted by molar-refractivity contribution is -0.119. The van der Waals surface area contributed by atoms with Gasteiger partial charge in [-0.05, 0) is 42.9 Å². The first-order chi connectivity index (χ1) is 7.16. The van der Waals surface area contributed by atoms with Crippen LogP contribution in [0.3, 0.4) is 0 Å². The van der Waals surface area contributed by atoms with Gasteiger partial charge in [-0.25, -0.2) is 0 Å². The third-order valence-corrected chi connectivity index (χ3v) is 3.05. The number of Topliss-reactive ketones (excluding diaryl/α,β-unsaturated/α-hetero) is 1. The third-order valence-electron chi connectivity index (χ3n) is 3.05. The molecule has 0 bridgehead atoms. The maximum absolute atomic E-state index is 11.5. The van der Waals surface area contributed by atoms with Crippen LogP contribution in [0, 0.1) is 0 Å². The minimum Gasteiger partial charge on any atom is -0.322 e. The lowest BCUT2D eigenvalue weighted by Crippen LogP contribution is -2.28. The molecule has 0 fully saturated rings. The molecule has 15 heavy (non-hydrogen) atoms. The van der Waals surface area contributed by atoms with Crippen LogP contribution < -0.4 is 5.73 Å². The van der Waals surface area contributed by atoms with Gasteiger partial charge in [-0.15, -0.1) is 0 Å². The fraction of sp³-hybridized carbons (Fsp3) is 0.462. The van der Waals surface area contributed by atoms with Gasteiger partial charge >= 0.3 is 0 Å². The van der Waals surface area contributed by atoms with Crippen LogP contribution in [0.15, 0.2) is 18.2 Å². The van der Waals surface area contributed by atoms with Crippen LogP contribution in [0.2, 0.25) is 0 Å². The van der Waals surface area contributed by atoms with Gasteiger partial charge in [0.05, 0.1) is 6.04 Å². The van der Waals surface area contributed by atoms with Gasteiger partial charge in [-0.3, -0.25) is 4.79 Å². The lowest BCUT2D eigenvalue weighted by Gasteiger charge is -2.06. The van der Waals surface area contributed by atoms with Crippen molar-refractivity contribution in [1.82, 2.24) is 0 Å². The first kappa shape index (κ1) is 10.4. The average molecular weight is 203 g/mol. The van der Waals surface area contributed by atoms with Crippen molar-refractivity contribution in [2.24, 2.45) is 5.73 Å². The van der Waals surface area contributed by atoms with E-state index in [2.05, 4.69) is 18.2 Å². The van der Waals surface area contributed by atoms with Gasteiger partial charge < -0.3 is 5.73 Å². The van der Waals surface area contributed by atoms with Crippen molar-refractivity contribution in [2.75, 3.05) is 0 Å². The fourth-order valence-electron chi connectivity index (χ4n) is 2.10. The SMILES string of the molecule is CC(N)C(=O)Cc1ccc2c(c1)CCC2. The summed E-state index contributed by atoms with van der Waals surface area (Å²) in [5.74, 6) is 0.118. The molecule has 1 aliphatic carbocycles. The molecule has 0 radical (unpaired) electrons. The van der Waals surface area contributed by atoms with E-state index in [1.165, 1.54) is 24.0 Å². The quantitative estimate of drug-likeness (QED) is 0.811. The van der Waals surface area contributed by atoms with Gasteiger partial charge in [0.2, 0.25) is 0 Å². The van der Waals surface area contributed by atoms with Crippen LogP contribution in [-0.2, 0) is 24.1 Å². The van der Waals surface area contributed by atoms with Crippen LogP contribution in [0.5, 0.6) is 0 Å². The topological polar surface area (TPSA) is 43.1 Å². The summed E-state index contributed by atoms with van der Waals surface area (Å²) in [6.07, 6.45) is 4.08. The van der Waals surface area contributed by atoms with Crippen molar-refractivity contribution >= 4 is 5.78 Å². The fourth-order valence-corrected chi connectivity index (χ4v) is 2.10. The molecule has 0 spiro atoms. The minimum atomic E-state index is -0.349. The highest BCUT2D eigenvalue weighted by Gasteiger charge is 2.13. The van der Waals surface area contributed by atoms with Gasteiger partial charge in [-0.2, -0.15) is 0 Å². The summed E-state index contributed by atoms with van der Waals surface area (Å²) < 4.78 is 0. The summed E-state index contributed by atoms with van der Waals surface area (Å²) in [6, 6.07) is 6.04. The summed E-state index contributed by atoms with van der Waals surface area (Å²) in [4.78, 5) is 11.5. The number of rotatable bonds is 3. The molecule has 1 aromatic rings. The molecule has 2 heteroatoms. The molecule has 1 unspecified atom stereocenters. The number of nitrogens with two attached hydrogens (primary N) is 1. The van der Waals surface area contributed by atoms with Crippen LogP contribution in [0.25, 0.3) is 0 Å². The first-order valence-electron chi connectivity index (χ1n) is 5.56. The second-order valence-corrected chi connectivity index (χ2v) is 4.39. The summed E-state index contributed by atoms with van der Waals surface area (Å²) in [7, 11) is 0. The molecule has 0 heterocycles. The van der Waals surface area contributed by atoms with Crippen molar-refractivity contribution in [3.8, 4) is 0 Å². The first-order valence-corrected chi connectivity index (χ1v) is 5.56. The maximum Gasteiger partial charge on any atom is 0.153 e. The van der Waals surface area contributed by atoms with Crippen molar-refractivity contribution in [2.45, 2.75) is 38.6 Å². The van der Waals surface area contributed by atoms with Crippen molar-refractivity contribution in [3.05, 3.63) is 34.9 Å². The number of hydrogen-bond donors (Lipinski definition) is 1. The van der Waals surface area contributed by atoms with E-state index in [-0.39, 0.29) is 11.8 Å². The summed E-state index contributed by atoms with van der Waals surface area (Å²) in [5, 5.41) is 0. The number of benzene rings is 1. The molecule has 2 rings (SSSR count). The van der Waals surface area contributed by atoms with Gasteiger partial charge in [0.15, 0.2) is 5.78 Å². The molecule has 1 aliphatic rings. The molecule has 2 N–H and O–H groups in total. The Hall–Kier alpha value is -1.15. The van der Waals surface area contributed by atoms with Gasteiger partial charge in [0.25, 0.3) is 0 Å². The smallest absolute Gasteiger partial charge is 0.153 e. The van der Waals surface area contributed by atoms with E-state index in [4.69, 9.17) is 5.73 Å². The Kier molecular flexibility index (Phi) is 2.87. The third kappa shape index (κ3) is 2.26. The maximum atomic E-state index is 11.5. The van der Waals surface area contributed by atoms with Gasteiger partial charge in [0, 0.05) is 6.42 Å². The van der Waals surface area contributed by atoms with Crippen molar-refractivity contribution in [3.63, 3.8) is 0 Å². The minimum absolute atomic E-state index is 0.118. The highest BCUT2D eigenvalue weighted by Crippen LogP contribution is 2.23. The van der Waals surface area contributed by atoms with Crippen LogP contribution in [0.4, 0.5) is 0 Å². The molecule has 1 atom stereocenters. The molecule has 1 aromatic carbocycles. The van der Waals surface area contributed by atoms with Gasteiger partial charge in [0.1, 0.15) is 0 Å². The largest absolute Gasteiger partial charge is 0.322 e. The van der Waals surface area contributed by atoms with Crippen LogP contribution in [0.1, 0.15) is 30.0 Å². The zero-order chi connectivity index (χ0) is 10.8. The molecule has 2 nitrogen and oxygen atoms in total. The van der Waals surface area contributed by atoms with E-state index in [1.807, 2.05) is 0 Å². The Morgan fingerprint density at radius 3 is 2.87 bits per heavy atom. The highest BCUT2D eigenvalue weighted by molar-refractivity contribution is 5.85. The lowest BCUT2D eigenvalue weighted by atomic mass is 10.0. The van der Waals surface area contributed by atoms with E-state index in [0.717, 1.165) is 12.0 Å². The summed E-state index contributed by atoms with van der Waals surface area (Å²) in [5.41, 5.74) is 9.53. The van der Waals surface area contributed by atoms with E-state index in [0.29, 0.717) is 6.42 Å². The Balaban J connectivity index is 2.13. The molecule has 80 valence electrons. The second-order valence-electron chi connectivity index (χ2n) is 4.39. The van der Waals surface area contributed by atoms with E-state index >= 15 is 0 Å². The Morgan fingerprint density at radius 2 is 2.13 bits per heavy atom. The number of carbonyl (C=O) groups excluding carboxylic acids is 1. The predicted molar refractivity (Wildman–Crippen MR) is 60.8 cm³/mol. The number of fused-ring (bicyclic) bond motifs is 1. The van der Waals surface area contributed by atoms with Crippen molar-refractivity contribution in [1.29, 1.82) is 0 Å². The Morgan fingerprint density at radius 1 is 1.40 bits per heavy atom. The van der Waals surface area contributed by atoms with E-state index in [1.54, 1.807) is 6.92 Å².